The molecule has 0 spiro atoms. The van der Waals surface area contributed by atoms with Gasteiger partial charge in [0.15, 0.2) is 5.82 Å². The van der Waals surface area contributed by atoms with Crippen LogP contribution >= 0.6 is 0 Å². The molecule has 0 bridgehead atoms. The predicted molar refractivity (Wildman–Crippen MR) is 89.2 cm³/mol. The summed E-state index contributed by atoms with van der Waals surface area (Å²) >= 11 is 0. The largest absolute Gasteiger partial charge is 0.330 e. The van der Waals surface area contributed by atoms with Crippen LogP contribution in [0.25, 0.3) is 22.5 Å². The maximum absolute atomic E-state index is 12.0. The highest BCUT2D eigenvalue weighted by Crippen LogP contribution is 2.34. The van der Waals surface area contributed by atoms with Gasteiger partial charge in [-0.3, -0.25) is 0 Å². The van der Waals surface area contributed by atoms with Gasteiger partial charge in [0.25, 0.3) is 0 Å². The first-order chi connectivity index (χ1) is 11.5. The van der Waals surface area contributed by atoms with E-state index in [1.54, 1.807) is 12.1 Å². The highest BCUT2D eigenvalue weighted by Gasteiger charge is 2.21. The number of aromatic nitrogens is 4. The molecule has 0 unspecified atom stereocenters. The molecule has 124 valence electrons. The van der Waals surface area contributed by atoms with E-state index in [0.29, 0.717) is 17.7 Å². The number of nitrogens with zero attached hydrogens (tertiary/aromatic N) is 3. The Hall–Kier alpha value is -2.62. The van der Waals surface area contributed by atoms with Crippen molar-refractivity contribution in [2.75, 3.05) is 6.54 Å². The van der Waals surface area contributed by atoms with Gasteiger partial charge in [-0.2, -0.15) is 0 Å². The smallest absolute Gasteiger partial charge is 0.238 e. The first kappa shape index (κ1) is 16.2. The summed E-state index contributed by atoms with van der Waals surface area (Å²) in [5, 5.41) is 18.8. The number of primary sulfonamides is 1. The highest BCUT2D eigenvalue weighted by atomic mass is 32.2. The molecule has 0 amide bonds. The number of sulfonamides is 1. The Morgan fingerprint density at radius 1 is 1.08 bits per heavy atom. The molecule has 1 aromatic heterocycles. The van der Waals surface area contributed by atoms with Gasteiger partial charge in [0, 0.05) is 5.56 Å². The first-order valence-electron chi connectivity index (χ1n) is 7.20. The zero-order chi connectivity index (χ0) is 17.2. The molecule has 0 fully saturated rings. The minimum atomic E-state index is -3.94. The van der Waals surface area contributed by atoms with Gasteiger partial charge < -0.3 is 5.73 Å². The molecule has 3 rings (SSSR count). The van der Waals surface area contributed by atoms with Gasteiger partial charge in [-0.25, -0.2) is 18.7 Å². The summed E-state index contributed by atoms with van der Waals surface area (Å²) in [4.78, 5) is -0.0374. The van der Waals surface area contributed by atoms with E-state index < -0.39 is 10.0 Å². The molecule has 0 aliphatic heterocycles. The second-order valence-electron chi connectivity index (χ2n) is 5.21. The van der Waals surface area contributed by atoms with Crippen LogP contribution < -0.4 is 10.9 Å². The minimum absolute atomic E-state index is 0.0374. The molecule has 0 aliphatic carbocycles. The van der Waals surface area contributed by atoms with Crippen molar-refractivity contribution in [3.63, 3.8) is 0 Å². The van der Waals surface area contributed by atoms with Gasteiger partial charge in [-0.1, -0.05) is 36.4 Å². The lowest BCUT2D eigenvalue weighted by molar-refractivity contribution is 0.598. The minimum Gasteiger partial charge on any atom is -0.330 e. The van der Waals surface area contributed by atoms with Crippen LogP contribution in [0, 0.1) is 0 Å². The van der Waals surface area contributed by atoms with E-state index in [-0.39, 0.29) is 10.7 Å². The molecule has 0 radical (unpaired) electrons. The Balaban J connectivity index is 2.21. The Morgan fingerprint density at radius 3 is 2.42 bits per heavy atom. The lowest BCUT2D eigenvalue weighted by Gasteiger charge is -2.12. The Labute approximate surface area is 138 Å². The molecule has 24 heavy (non-hydrogen) atoms. The van der Waals surface area contributed by atoms with E-state index in [4.69, 9.17) is 10.9 Å². The zero-order valence-corrected chi connectivity index (χ0v) is 13.5. The molecule has 0 saturated heterocycles. The maximum Gasteiger partial charge on any atom is 0.238 e. The van der Waals surface area contributed by atoms with Gasteiger partial charge in [0.1, 0.15) is 0 Å². The molecule has 2 aromatic carbocycles. The Morgan fingerprint density at radius 2 is 1.83 bits per heavy atom. The monoisotopic (exact) mass is 344 g/mol. The van der Waals surface area contributed by atoms with Crippen LogP contribution in [-0.2, 0) is 16.4 Å². The number of hydrogen-bond acceptors (Lipinski definition) is 6. The number of benzene rings is 2. The number of H-pyrrole nitrogens is 1. The summed E-state index contributed by atoms with van der Waals surface area (Å²) in [5.74, 6) is 0.237. The van der Waals surface area contributed by atoms with Crippen LogP contribution in [0.5, 0.6) is 0 Å². The molecule has 8 nitrogen and oxygen atoms in total. The van der Waals surface area contributed by atoms with Crippen LogP contribution in [0.2, 0.25) is 0 Å². The summed E-state index contributed by atoms with van der Waals surface area (Å²) in [6.45, 7) is 0.565. The Bertz CT molecular complexity index is 937. The highest BCUT2D eigenvalue weighted by molar-refractivity contribution is 7.89. The molecule has 0 aliphatic rings. The van der Waals surface area contributed by atoms with Crippen molar-refractivity contribution in [3.8, 4) is 22.5 Å². The number of hydrogen-bond donors (Lipinski definition) is 3. The van der Waals surface area contributed by atoms with E-state index in [1.165, 1.54) is 6.07 Å². The number of nitrogens with two attached hydrogens (primary N) is 2. The summed E-state index contributed by atoms with van der Waals surface area (Å²) in [7, 11) is -3.94. The molecular formula is C15H16N6O2S. The van der Waals surface area contributed by atoms with Crippen molar-refractivity contribution in [1.82, 2.24) is 20.6 Å². The van der Waals surface area contributed by atoms with Gasteiger partial charge in [-0.15, -0.1) is 5.10 Å². The normalized spacial score (nSPS) is 11.6. The molecule has 0 saturated carbocycles. The number of aromatic amines is 1. The third-order valence-corrected chi connectivity index (χ3v) is 4.57. The van der Waals surface area contributed by atoms with Crippen molar-refractivity contribution in [1.29, 1.82) is 0 Å². The van der Waals surface area contributed by atoms with Gasteiger partial charge in [0.05, 0.1) is 4.90 Å². The summed E-state index contributed by atoms with van der Waals surface area (Å²) in [6, 6.07) is 12.6. The number of nitrogens with one attached hydrogen (secondary N) is 1. The second kappa shape index (κ2) is 6.48. The fourth-order valence-electron chi connectivity index (χ4n) is 2.54. The van der Waals surface area contributed by atoms with E-state index >= 15 is 0 Å². The number of tetrazole rings is 1. The van der Waals surface area contributed by atoms with Crippen molar-refractivity contribution < 1.29 is 8.42 Å². The SMILES string of the molecule is NCCc1ccc(-c2cccc(S(N)(=O)=O)c2-c2nnn[nH]2)cc1. The van der Waals surface area contributed by atoms with E-state index in [2.05, 4.69) is 20.6 Å². The van der Waals surface area contributed by atoms with Gasteiger partial charge >= 0.3 is 0 Å². The number of rotatable bonds is 5. The van der Waals surface area contributed by atoms with Crippen LogP contribution in [-0.4, -0.2) is 35.6 Å². The van der Waals surface area contributed by atoms with Crippen LogP contribution in [0.3, 0.4) is 0 Å². The summed E-state index contributed by atoms with van der Waals surface area (Å²) in [5.41, 5.74) is 8.50. The van der Waals surface area contributed by atoms with E-state index in [9.17, 15) is 8.42 Å². The standard InChI is InChI=1S/C15H16N6O2S/c16-9-8-10-4-6-11(7-5-10)12-2-1-3-13(24(17,22)23)14(12)15-18-20-21-19-15/h1-7H,8-9,16H2,(H2,17,22,23)(H,18,19,20,21). The molecule has 9 heteroatoms. The van der Waals surface area contributed by atoms with Crippen LogP contribution in [0.1, 0.15) is 5.56 Å². The molecule has 0 atom stereocenters. The Kier molecular flexibility index (Phi) is 4.38. The van der Waals surface area contributed by atoms with Crippen molar-refractivity contribution in [2.45, 2.75) is 11.3 Å². The third-order valence-electron chi connectivity index (χ3n) is 3.61. The second-order valence-corrected chi connectivity index (χ2v) is 6.74. The molecule has 1 heterocycles. The van der Waals surface area contributed by atoms with Crippen molar-refractivity contribution in [3.05, 3.63) is 48.0 Å². The van der Waals surface area contributed by atoms with Crippen molar-refractivity contribution in [2.24, 2.45) is 10.9 Å². The fourth-order valence-corrected chi connectivity index (χ4v) is 3.30. The van der Waals surface area contributed by atoms with Crippen LogP contribution in [0.4, 0.5) is 0 Å². The lowest BCUT2D eigenvalue weighted by Crippen LogP contribution is -2.14. The molecular weight excluding hydrogens is 328 g/mol. The topological polar surface area (TPSA) is 141 Å². The maximum atomic E-state index is 12.0. The van der Waals surface area contributed by atoms with E-state index in [0.717, 1.165) is 17.5 Å². The summed E-state index contributed by atoms with van der Waals surface area (Å²) < 4.78 is 23.9. The first-order valence-corrected chi connectivity index (χ1v) is 8.74. The van der Waals surface area contributed by atoms with E-state index in [1.807, 2.05) is 24.3 Å². The average Bonchev–Trinajstić information content (AvgIpc) is 3.08. The van der Waals surface area contributed by atoms with Crippen LogP contribution in [0.15, 0.2) is 47.4 Å². The molecule has 5 N–H and O–H groups in total. The zero-order valence-electron chi connectivity index (χ0n) is 12.7. The summed E-state index contributed by atoms with van der Waals surface area (Å²) in [6.07, 6.45) is 0.774. The lowest BCUT2D eigenvalue weighted by atomic mass is 9.97. The average molecular weight is 344 g/mol. The van der Waals surface area contributed by atoms with Gasteiger partial charge in [0.2, 0.25) is 10.0 Å². The quantitative estimate of drug-likeness (QED) is 0.621. The third kappa shape index (κ3) is 3.18. The molecule has 3 aromatic rings. The predicted octanol–water partition coefficient (Wildman–Crippen LogP) is 0.682. The fraction of sp³-hybridized carbons (Fsp3) is 0.133. The van der Waals surface area contributed by atoms with Gasteiger partial charge in [-0.05, 0) is 46.1 Å². The van der Waals surface area contributed by atoms with Crippen molar-refractivity contribution >= 4 is 10.0 Å².